The molecule has 0 aliphatic carbocycles. The molecule has 10 nitrogen and oxygen atoms in total. The molecule has 2 aromatic heterocycles. The molecular weight excluding hydrogens is 477 g/mol. The number of carbonyl (C=O) groups excluding carboxylic acids is 2. The van der Waals surface area contributed by atoms with Gasteiger partial charge in [0.05, 0.1) is 52.9 Å². The van der Waals surface area contributed by atoms with Gasteiger partial charge in [-0.2, -0.15) is 10.4 Å². The van der Waals surface area contributed by atoms with Gasteiger partial charge >= 0.3 is 0 Å². The summed E-state index contributed by atoms with van der Waals surface area (Å²) in [5.74, 6) is -0.602. The van der Waals surface area contributed by atoms with Gasteiger partial charge < -0.3 is 20.2 Å². The Bertz CT molecular complexity index is 1470. The number of nitriles is 1. The topological polar surface area (TPSA) is 127 Å². The Morgan fingerprint density at radius 1 is 1.19 bits per heavy atom. The zero-order valence-electron chi connectivity index (χ0n) is 19.9. The number of nitrogens with zero attached hydrogens (tertiary/aromatic N) is 6. The number of fused-ring (bicyclic) bond motifs is 1. The van der Waals surface area contributed by atoms with Gasteiger partial charge in [-0.05, 0) is 31.0 Å². The van der Waals surface area contributed by atoms with Crippen LogP contribution in [0.4, 0.5) is 10.2 Å². The van der Waals surface area contributed by atoms with E-state index < -0.39 is 11.4 Å². The predicted octanol–water partition coefficient (Wildman–Crippen LogP) is 1.75. The van der Waals surface area contributed by atoms with Gasteiger partial charge in [-0.15, -0.1) is 0 Å². The highest BCUT2D eigenvalue weighted by atomic mass is 19.1. The molecule has 2 fully saturated rings. The van der Waals surface area contributed by atoms with Crippen molar-refractivity contribution in [1.82, 2.24) is 25.0 Å². The zero-order chi connectivity index (χ0) is 25.7. The van der Waals surface area contributed by atoms with E-state index in [1.54, 1.807) is 23.2 Å². The number of halogens is 1. The van der Waals surface area contributed by atoms with Crippen LogP contribution in [0.3, 0.4) is 0 Å². The van der Waals surface area contributed by atoms with Gasteiger partial charge in [-0.1, -0.05) is 6.07 Å². The first-order valence-electron chi connectivity index (χ1n) is 12.2. The Labute approximate surface area is 211 Å². The molecule has 0 bridgehead atoms. The van der Waals surface area contributed by atoms with Crippen molar-refractivity contribution in [3.63, 3.8) is 0 Å². The van der Waals surface area contributed by atoms with Crippen molar-refractivity contribution in [2.24, 2.45) is 0 Å². The normalized spacial score (nSPS) is 20.7. The third kappa shape index (κ3) is 3.81. The van der Waals surface area contributed by atoms with Crippen molar-refractivity contribution < 1.29 is 19.1 Å². The molecule has 3 aromatic rings. The molecule has 3 aliphatic heterocycles. The SMILES string of the molecule is N#Cc1cccc(F)c1-c1cc(-n2ccc(N3CC[C@@](O)(C(=O)N4CCCC4)C3)n2)c2c(n1)CNC2=O. The zero-order valence-corrected chi connectivity index (χ0v) is 19.9. The molecule has 0 radical (unpaired) electrons. The van der Waals surface area contributed by atoms with E-state index in [0.29, 0.717) is 48.8 Å². The number of aromatic nitrogens is 3. The predicted molar refractivity (Wildman–Crippen MR) is 130 cm³/mol. The largest absolute Gasteiger partial charge is 0.378 e. The minimum atomic E-state index is -1.46. The molecule has 0 saturated carbocycles. The molecule has 3 aliphatic rings. The van der Waals surface area contributed by atoms with E-state index in [1.807, 2.05) is 11.0 Å². The minimum absolute atomic E-state index is 0.0609. The van der Waals surface area contributed by atoms with Crippen molar-refractivity contribution in [3.8, 4) is 23.0 Å². The van der Waals surface area contributed by atoms with E-state index in [9.17, 15) is 24.3 Å². The molecule has 2 amide bonds. The summed E-state index contributed by atoms with van der Waals surface area (Å²) in [5.41, 5.74) is 0.127. The second-order valence-electron chi connectivity index (χ2n) is 9.63. The van der Waals surface area contributed by atoms with Crippen molar-refractivity contribution in [3.05, 3.63) is 59.2 Å². The number of benzene rings is 1. The smallest absolute Gasteiger partial charge is 0.256 e. The van der Waals surface area contributed by atoms with E-state index in [2.05, 4.69) is 15.4 Å². The van der Waals surface area contributed by atoms with Crippen LogP contribution in [0.25, 0.3) is 16.9 Å². The molecule has 0 unspecified atom stereocenters. The number of likely N-dealkylation sites (tertiary alicyclic amines) is 1. The maximum absolute atomic E-state index is 14.8. The van der Waals surface area contributed by atoms with Crippen LogP contribution in [0.15, 0.2) is 36.5 Å². The highest BCUT2D eigenvalue weighted by Gasteiger charge is 2.46. The molecule has 2 saturated heterocycles. The van der Waals surface area contributed by atoms with Crippen molar-refractivity contribution in [2.45, 2.75) is 31.4 Å². The van der Waals surface area contributed by atoms with Crippen LogP contribution in [0.1, 0.15) is 40.9 Å². The van der Waals surface area contributed by atoms with Gasteiger partial charge in [0.25, 0.3) is 11.8 Å². The van der Waals surface area contributed by atoms with E-state index in [-0.39, 0.29) is 41.7 Å². The number of anilines is 1. The summed E-state index contributed by atoms with van der Waals surface area (Å²) in [6.07, 6.45) is 3.87. The lowest BCUT2D eigenvalue weighted by Crippen LogP contribution is -2.49. The van der Waals surface area contributed by atoms with Crippen molar-refractivity contribution in [2.75, 3.05) is 31.1 Å². The first kappa shape index (κ1) is 23.1. The summed E-state index contributed by atoms with van der Waals surface area (Å²) in [4.78, 5) is 33.6. The Morgan fingerprint density at radius 2 is 2.00 bits per heavy atom. The maximum Gasteiger partial charge on any atom is 0.256 e. The molecular formula is C26H24FN7O3. The Morgan fingerprint density at radius 3 is 2.78 bits per heavy atom. The summed E-state index contributed by atoms with van der Waals surface area (Å²) in [6.45, 7) is 2.09. The molecule has 1 atom stereocenters. The number of β-amino-alcohol motifs (C(OH)–C–C–N with tert-alkyl or cyclic N) is 1. The molecule has 2 N–H and O–H groups in total. The third-order valence-electron chi connectivity index (χ3n) is 7.29. The van der Waals surface area contributed by atoms with E-state index in [4.69, 9.17) is 0 Å². The molecule has 5 heterocycles. The number of amides is 2. The first-order valence-corrected chi connectivity index (χ1v) is 12.2. The van der Waals surface area contributed by atoms with Gasteiger partial charge in [0.1, 0.15) is 5.82 Å². The highest BCUT2D eigenvalue weighted by Crippen LogP contribution is 2.33. The average Bonchev–Trinajstić information content (AvgIpc) is 3.70. The molecule has 1 aromatic carbocycles. The van der Waals surface area contributed by atoms with Crippen LogP contribution in [0.5, 0.6) is 0 Å². The van der Waals surface area contributed by atoms with Crippen LogP contribution in [0, 0.1) is 17.1 Å². The average molecular weight is 502 g/mol. The lowest BCUT2D eigenvalue weighted by molar-refractivity contribution is -0.147. The number of hydrogen-bond acceptors (Lipinski definition) is 7. The standard InChI is InChI=1S/C26H24FN7O3/c27-17-5-3-4-16(13-28)22(17)18-12-20(23-19(30-18)14-29-24(23)35)34-10-6-21(31-34)33-11-7-26(37,15-33)25(36)32-8-1-2-9-32/h3-6,10,12,37H,1-2,7-9,11,14-15H2,(H,29,35)/t26-/m0/s1. The number of nitrogens with one attached hydrogen (secondary N) is 1. The van der Waals surface area contributed by atoms with Gasteiger partial charge in [0.15, 0.2) is 11.4 Å². The number of rotatable bonds is 4. The number of carbonyl (C=O) groups is 2. The van der Waals surface area contributed by atoms with Crippen LogP contribution in [-0.4, -0.2) is 68.4 Å². The van der Waals surface area contributed by atoms with E-state index in [1.165, 1.54) is 22.9 Å². The monoisotopic (exact) mass is 501 g/mol. The summed E-state index contributed by atoms with van der Waals surface area (Å²) in [5, 5.41) is 28.0. The number of aliphatic hydroxyl groups is 1. The van der Waals surface area contributed by atoms with E-state index >= 15 is 0 Å². The van der Waals surface area contributed by atoms with Gasteiger partial charge in [-0.25, -0.2) is 14.1 Å². The second-order valence-corrected chi connectivity index (χ2v) is 9.63. The summed E-state index contributed by atoms with van der Waals surface area (Å²) in [6, 6.07) is 9.54. The van der Waals surface area contributed by atoms with Crippen LogP contribution < -0.4 is 10.2 Å². The number of hydrogen-bond donors (Lipinski definition) is 2. The lowest BCUT2D eigenvalue weighted by atomic mass is 10.0. The van der Waals surface area contributed by atoms with Crippen LogP contribution >= 0.6 is 0 Å². The molecule has 188 valence electrons. The number of pyridine rings is 1. The van der Waals surface area contributed by atoms with Crippen molar-refractivity contribution in [1.29, 1.82) is 5.26 Å². The fourth-order valence-corrected chi connectivity index (χ4v) is 5.39. The highest BCUT2D eigenvalue weighted by molar-refractivity contribution is 6.01. The molecule has 11 heteroatoms. The molecule has 6 rings (SSSR count). The third-order valence-corrected chi connectivity index (χ3v) is 7.29. The van der Waals surface area contributed by atoms with Gasteiger partial charge in [0.2, 0.25) is 0 Å². The van der Waals surface area contributed by atoms with Crippen LogP contribution in [0.2, 0.25) is 0 Å². The minimum Gasteiger partial charge on any atom is -0.378 e. The van der Waals surface area contributed by atoms with Gasteiger partial charge in [-0.3, -0.25) is 9.59 Å². The maximum atomic E-state index is 14.8. The Balaban J connectivity index is 1.35. The fraction of sp³-hybridized carbons (Fsp3) is 0.346. The second kappa shape index (κ2) is 8.67. The Kier molecular flexibility index (Phi) is 5.42. The summed E-state index contributed by atoms with van der Waals surface area (Å²) < 4.78 is 16.3. The first-order chi connectivity index (χ1) is 17.9. The summed E-state index contributed by atoms with van der Waals surface area (Å²) >= 11 is 0. The molecule has 37 heavy (non-hydrogen) atoms. The summed E-state index contributed by atoms with van der Waals surface area (Å²) in [7, 11) is 0. The fourth-order valence-electron chi connectivity index (χ4n) is 5.39. The van der Waals surface area contributed by atoms with E-state index in [0.717, 1.165) is 12.8 Å². The molecule has 0 spiro atoms. The quantitative estimate of drug-likeness (QED) is 0.558. The lowest BCUT2D eigenvalue weighted by Gasteiger charge is -2.27. The van der Waals surface area contributed by atoms with Crippen LogP contribution in [-0.2, 0) is 11.3 Å². The van der Waals surface area contributed by atoms with Crippen molar-refractivity contribution >= 4 is 17.6 Å². The Hall–Kier alpha value is -4.30. The van der Waals surface area contributed by atoms with Gasteiger partial charge in [0, 0.05) is 38.3 Å².